The monoisotopic (exact) mass is 342 g/mol. The van der Waals surface area contributed by atoms with E-state index in [-0.39, 0.29) is 23.8 Å². The Balaban J connectivity index is 1.29. The molecule has 134 valence electrons. The van der Waals surface area contributed by atoms with E-state index in [2.05, 4.69) is 5.32 Å². The molecule has 2 aliphatic heterocycles. The van der Waals surface area contributed by atoms with Gasteiger partial charge in [0.2, 0.25) is 11.8 Å². The minimum atomic E-state index is -0.224. The van der Waals surface area contributed by atoms with Crippen molar-refractivity contribution < 1.29 is 14.3 Å². The van der Waals surface area contributed by atoms with Crippen LogP contribution in [0.1, 0.15) is 37.7 Å². The Morgan fingerprint density at radius 2 is 2.00 bits per heavy atom. The van der Waals surface area contributed by atoms with Crippen LogP contribution in [0.2, 0.25) is 0 Å². The van der Waals surface area contributed by atoms with Gasteiger partial charge in [-0.15, -0.1) is 0 Å². The number of rotatable bonds is 5. The molecule has 2 saturated heterocycles. The second kappa shape index (κ2) is 7.16. The summed E-state index contributed by atoms with van der Waals surface area (Å²) in [5.74, 6) is 0.588. The van der Waals surface area contributed by atoms with Crippen molar-refractivity contribution in [3.05, 3.63) is 35.9 Å². The molecule has 2 amide bonds. The van der Waals surface area contributed by atoms with Gasteiger partial charge in [-0.2, -0.15) is 0 Å². The first-order chi connectivity index (χ1) is 12.2. The number of nitrogens with one attached hydrogen (secondary N) is 1. The SMILES string of the molecule is O=C(NC1CCOC(C2CC2)C1)C1CC(=O)N(Cc2ccccc2)C1. The summed E-state index contributed by atoms with van der Waals surface area (Å²) < 4.78 is 5.83. The fourth-order valence-electron chi connectivity index (χ4n) is 3.98. The molecule has 5 nitrogen and oxygen atoms in total. The fraction of sp³-hybridized carbons (Fsp3) is 0.600. The molecule has 1 N–H and O–H groups in total. The lowest BCUT2D eigenvalue weighted by molar-refractivity contribution is -0.129. The van der Waals surface area contributed by atoms with Crippen molar-refractivity contribution in [1.29, 1.82) is 0 Å². The van der Waals surface area contributed by atoms with Gasteiger partial charge in [0.1, 0.15) is 0 Å². The molecule has 0 aromatic heterocycles. The maximum Gasteiger partial charge on any atom is 0.225 e. The number of amides is 2. The summed E-state index contributed by atoms with van der Waals surface area (Å²) in [6.45, 7) is 1.84. The predicted octanol–water partition coefficient (Wildman–Crippen LogP) is 2.11. The number of carbonyl (C=O) groups excluding carboxylic acids is 2. The molecule has 0 spiro atoms. The zero-order chi connectivity index (χ0) is 17.2. The Labute approximate surface area is 148 Å². The molecular weight excluding hydrogens is 316 g/mol. The highest BCUT2D eigenvalue weighted by Gasteiger charge is 2.38. The van der Waals surface area contributed by atoms with E-state index in [9.17, 15) is 9.59 Å². The Bertz CT molecular complexity index is 629. The standard InChI is InChI=1S/C20H26N2O3/c23-19-10-16(13-22(19)12-14-4-2-1-3-5-14)20(24)21-17-8-9-25-18(11-17)15-6-7-15/h1-5,15-18H,6-13H2,(H,21,24). The van der Waals surface area contributed by atoms with Crippen LogP contribution in [0.15, 0.2) is 30.3 Å². The van der Waals surface area contributed by atoms with E-state index in [1.807, 2.05) is 30.3 Å². The van der Waals surface area contributed by atoms with Crippen molar-refractivity contribution in [3.63, 3.8) is 0 Å². The Kier molecular flexibility index (Phi) is 4.75. The molecule has 25 heavy (non-hydrogen) atoms. The maximum atomic E-state index is 12.6. The summed E-state index contributed by atoms with van der Waals surface area (Å²) >= 11 is 0. The quantitative estimate of drug-likeness (QED) is 0.892. The van der Waals surface area contributed by atoms with Crippen LogP contribution in [-0.4, -0.2) is 42.0 Å². The molecule has 1 aromatic rings. The van der Waals surface area contributed by atoms with Gasteiger partial charge >= 0.3 is 0 Å². The Morgan fingerprint density at radius 3 is 2.76 bits per heavy atom. The lowest BCUT2D eigenvalue weighted by Crippen LogP contribution is -2.45. The first-order valence-corrected chi connectivity index (χ1v) is 9.42. The number of carbonyl (C=O) groups is 2. The third-order valence-corrected chi connectivity index (χ3v) is 5.61. The number of hydrogen-bond acceptors (Lipinski definition) is 3. The van der Waals surface area contributed by atoms with E-state index in [0.717, 1.165) is 25.0 Å². The summed E-state index contributed by atoms with van der Waals surface area (Å²) in [6.07, 6.45) is 4.97. The highest BCUT2D eigenvalue weighted by atomic mass is 16.5. The van der Waals surface area contributed by atoms with Crippen LogP contribution < -0.4 is 5.32 Å². The first-order valence-electron chi connectivity index (χ1n) is 9.42. The molecule has 1 aliphatic carbocycles. The number of ether oxygens (including phenoxy) is 1. The number of likely N-dealkylation sites (tertiary alicyclic amines) is 1. The second-order valence-electron chi connectivity index (χ2n) is 7.64. The molecular formula is C20H26N2O3. The van der Waals surface area contributed by atoms with Gasteiger partial charge in [0.25, 0.3) is 0 Å². The normalized spacial score (nSPS) is 29.7. The molecule has 2 heterocycles. The third-order valence-electron chi connectivity index (χ3n) is 5.61. The first kappa shape index (κ1) is 16.6. The molecule has 1 saturated carbocycles. The Morgan fingerprint density at radius 1 is 1.20 bits per heavy atom. The lowest BCUT2D eigenvalue weighted by Gasteiger charge is -2.31. The molecule has 5 heteroatoms. The van der Waals surface area contributed by atoms with Crippen LogP contribution in [0.4, 0.5) is 0 Å². The van der Waals surface area contributed by atoms with E-state index >= 15 is 0 Å². The summed E-state index contributed by atoms with van der Waals surface area (Å²) in [7, 11) is 0. The van der Waals surface area contributed by atoms with Crippen LogP contribution in [-0.2, 0) is 20.9 Å². The van der Waals surface area contributed by atoms with E-state index in [1.165, 1.54) is 12.8 Å². The summed E-state index contributed by atoms with van der Waals surface area (Å²) in [5, 5.41) is 3.18. The lowest BCUT2D eigenvalue weighted by atomic mass is 9.99. The Hall–Kier alpha value is -1.88. The van der Waals surface area contributed by atoms with Gasteiger partial charge in [0.05, 0.1) is 12.0 Å². The molecule has 3 unspecified atom stereocenters. The van der Waals surface area contributed by atoms with Crippen molar-refractivity contribution in [3.8, 4) is 0 Å². The fourth-order valence-corrected chi connectivity index (χ4v) is 3.98. The molecule has 3 fully saturated rings. The molecule has 4 rings (SSSR count). The van der Waals surface area contributed by atoms with E-state index in [0.29, 0.717) is 31.5 Å². The van der Waals surface area contributed by atoms with Crippen molar-refractivity contribution in [2.45, 2.75) is 50.8 Å². The van der Waals surface area contributed by atoms with Crippen molar-refractivity contribution in [2.75, 3.05) is 13.2 Å². The van der Waals surface area contributed by atoms with Crippen LogP contribution in [0, 0.1) is 11.8 Å². The number of benzene rings is 1. The minimum Gasteiger partial charge on any atom is -0.378 e. The summed E-state index contributed by atoms with van der Waals surface area (Å²) in [5.41, 5.74) is 1.11. The second-order valence-corrected chi connectivity index (χ2v) is 7.64. The highest BCUT2D eigenvalue weighted by Crippen LogP contribution is 2.38. The van der Waals surface area contributed by atoms with E-state index in [1.54, 1.807) is 4.90 Å². The van der Waals surface area contributed by atoms with Gasteiger partial charge in [-0.3, -0.25) is 9.59 Å². The van der Waals surface area contributed by atoms with Crippen LogP contribution in [0.5, 0.6) is 0 Å². The van der Waals surface area contributed by atoms with Crippen LogP contribution in [0.3, 0.4) is 0 Å². The van der Waals surface area contributed by atoms with E-state index in [4.69, 9.17) is 4.74 Å². The molecule has 0 bridgehead atoms. The average molecular weight is 342 g/mol. The average Bonchev–Trinajstić information content (AvgIpc) is 3.41. The smallest absolute Gasteiger partial charge is 0.225 e. The number of hydrogen-bond donors (Lipinski definition) is 1. The topological polar surface area (TPSA) is 58.6 Å². The zero-order valence-electron chi connectivity index (χ0n) is 14.5. The van der Waals surface area contributed by atoms with Crippen molar-refractivity contribution in [1.82, 2.24) is 10.2 Å². The van der Waals surface area contributed by atoms with Gasteiger partial charge in [-0.05, 0) is 37.2 Å². The van der Waals surface area contributed by atoms with Crippen molar-refractivity contribution >= 4 is 11.8 Å². The van der Waals surface area contributed by atoms with Crippen LogP contribution in [0.25, 0.3) is 0 Å². The molecule has 3 atom stereocenters. The molecule has 1 aromatic carbocycles. The highest BCUT2D eigenvalue weighted by molar-refractivity contribution is 5.89. The number of nitrogens with zero attached hydrogens (tertiary/aromatic N) is 1. The van der Waals surface area contributed by atoms with E-state index < -0.39 is 0 Å². The van der Waals surface area contributed by atoms with Gasteiger partial charge in [-0.25, -0.2) is 0 Å². The zero-order valence-corrected chi connectivity index (χ0v) is 14.5. The van der Waals surface area contributed by atoms with Gasteiger partial charge < -0.3 is 15.0 Å². The molecule has 3 aliphatic rings. The predicted molar refractivity (Wildman–Crippen MR) is 93.6 cm³/mol. The summed E-state index contributed by atoms with van der Waals surface area (Å²) in [6, 6.07) is 10.1. The maximum absolute atomic E-state index is 12.6. The van der Waals surface area contributed by atoms with Crippen molar-refractivity contribution in [2.24, 2.45) is 11.8 Å². The third kappa shape index (κ3) is 4.03. The molecule has 0 radical (unpaired) electrons. The van der Waals surface area contributed by atoms with Gasteiger partial charge in [0, 0.05) is 32.2 Å². The summed E-state index contributed by atoms with van der Waals surface area (Å²) in [4.78, 5) is 26.7. The van der Waals surface area contributed by atoms with Crippen LogP contribution >= 0.6 is 0 Å². The van der Waals surface area contributed by atoms with Gasteiger partial charge in [-0.1, -0.05) is 30.3 Å². The minimum absolute atomic E-state index is 0.0327. The van der Waals surface area contributed by atoms with Gasteiger partial charge in [0.15, 0.2) is 0 Å². The largest absolute Gasteiger partial charge is 0.378 e.